The Morgan fingerprint density at radius 3 is 2.47 bits per heavy atom. The number of nitrogens with two attached hydrogens (primary N) is 1. The maximum Gasteiger partial charge on any atom is 0.573 e. The Labute approximate surface area is 102 Å². The van der Waals surface area contributed by atoms with Crippen LogP contribution in [0.1, 0.15) is 17.7 Å². The number of hydrogen-bond donors (Lipinski definition) is 2. The van der Waals surface area contributed by atoms with Gasteiger partial charge in [-0.2, -0.15) is 0 Å². The van der Waals surface area contributed by atoms with Gasteiger partial charge in [-0.3, -0.25) is 4.79 Å². The van der Waals surface area contributed by atoms with Crippen LogP contribution in [0.2, 0.25) is 0 Å². The largest absolute Gasteiger partial charge is 0.573 e. The Balaban J connectivity index is 3.30. The van der Waals surface area contributed by atoms with Gasteiger partial charge in [-0.05, 0) is 6.07 Å². The number of carboxylic acid groups (broad SMARTS) is 1. The van der Waals surface area contributed by atoms with E-state index in [4.69, 9.17) is 10.8 Å². The number of nitrogens with zero attached hydrogens (tertiary/aromatic N) is 1. The van der Waals surface area contributed by atoms with Gasteiger partial charge in [0.15, 0.2) is 11.6 Å². The number of alkyl halides is 5. The van der Waals surface area contributed by atoms with Crippen LogP contribution in [-0.4, -0.2) is 22.4 Å². The van der Waals surface area contributed by atoms with Crippen molar-refractivity contribution in [3.8, 4) is 5.75 Å². The lowest BCUT2D eigenvalue weighted by Crippen LogP contribution is -2.20. The molecule has 0 saturated carbocycles. The number of nitrogen functional groups attached to an aromatic ring is 1. The van der Waals surface area contributed by atoms with Gasteiger partial charge in [0.2, 0.25) is 0 Å². The summed E-state index contributed by atoms with van der Waals surface area (Å²) in [6.45, 7) is 0. The van der Waals surface area contributed by atoms with E-state index in [-0.39, 0.29) is 0 Å². The third-order valence-electron chi connectivity index (χ3n) is 1.88. The molecule has 0 radical (unpaired) electrons. The van der Waals surface area contributed by atoms with Gasteiger partial charge in [-0.25, -0.2) is 13.8 Å². The Morgan fingerprint density at radius 1 is 1.47 bits per heavy atom. The van der Waals surface area contributed by atoms with Gasteiger partial charge in [0.05, 0.1) is 6.42 Å². The number of hydrogen-bond acceptors (Lipinski definition) is 4. The fraction of sp³-hybridized carbons (Fsp3) is 0.333. The molecule has 0 bridgehead atoms. The zero-order valence-corrected chi connectivity index (χ0v) is 9.04. The van der Waals surface area contributed by atoms with Crippen molar-refractivity contribution in [2.24, 2.45) is 0 Å². The van der Waals surface area contributed by atoms with Crippen LogP contribution in [0.5, 0.6) is 5.75 Å². The predicted molar refractivity (Wildman–Crippen MR) is 51.6 cm³/mol. The van der Waals surface area contributed by atoms with Crippen molar-refractivity contribution in [2.75, 3.05) is 5.73 Å². The van der Waals surface area contributed by atoms with Gasteiger partial charge in [-0.15, -0.1) is 13.2 Å². The van der Waals surface area contributed by atoms with Gasteiger partial charge in [-0.1, -0.05) is 0 Å². The molecule has 1 heterocycles. The topological polar surface area (TPSA) is 85.4 Å². The fourth-order valence-corrected chi connectivity index (χ4v) is 1.27. The van der Waals surface area contributed by atoms with Crippen molar-refractivity contribution in [1.82, 2.24) is 4.98 Å². The molecule has 19 heavy (non-hydrogen) atoms. The Bertz CT molecular complexity index is 489. The first-order chi connectivity index (χ1) is 8.60. The molecule has 0 spiro atoms. The second-order valence-corrected chi connectivity index (χ2v) is 3.34. The number of aromatic nitrogens is 1. The highest BCUT2D eigenvalue weighted by Gasteiger charge is 2.34. The highest BCUT2D eigenvalue weighted by molar-refractivity contribution is 5.72. The van der Waals surface area contributed by atoms with E-state index in [1.807, 2.05) is 0 Å². The minimum atomic E-state index is -5.14. The molecule has 3 N–H and O–H groups in total. The lowest BCUT2D eigenvalue weighted by Gasteiger charge is -2.15. The third kappa shape index (κ3) is 4.23. The second kappa shape index (κ2) is 5.24. The van der Waals surface area contributed by atoms with Gasteiger partial charge in [0.1, 0.15) is 5.69 Å². The Kier molecular flexibility index (Phi) is 4.12. The number of rotatable bonds is 4. The molecular weight excluding hydrogens is 279 g/mol. The molecule has 0 aliphatic heterocycles. The van der Waals surface area contributed by atoms with E-state index in [0.29, 0.717) is 6.07 Å². The van der Waals surface area contributed by atoms with Gasteiger partial charge in [0.25, 0.3) is 6.43 Å². The standard InChI is InChI=1S/C9H7F5N2O3/c10-7(11)4-1-3(2-5(17)18)6(8(15)16-4)19-9(12,13)14/h1,7H,2H2,(H2,15,16)(H,17,18). The van der Waals surface area contributed by atoms with Crippen LogP contribution in [0.15, 0.2) is 6.07 Å². The number of anilines is 1. The van der Waals surface area contributed by atoms with Crippen LogP contribution in [0, 0.1) is 0 Å². The molecule has 0 saturated heterocycles. The van der Waals surface area contributed by atoms with Crippen molar-refractivity contribution >= 4 is 11.8 Å². The molecular formula is C9H7F5N2O3. The summed E-state index contributed by atoms with van der Waals surface area (Å²) in [5.74, 6) is -3.57. The molecule has 0 aliphatic carbocycles. The quantitative estimate of drug-likeness (QED) is 0.828. The molecule has 1 aromatic heterocycles. The number of halogens is 5. The van der Waals surface area contributed by atoms with E-state index < -0.39 is 48.0 Å². The smallest absolute Gasteiger partial charge is 0.481 e. The molecule has 5 nitrogen and oxygen atoms in total. The SMILES string of the molecule is Nc1nc(C(F)F)cc(CC(=O)O)c1OC(F)(F)F. The Morgan fingerprint density at radius 2 is 2.05 bits per heavy atom. The molecule has 106 valence electrons. The van der Waals surface area contributed by atoms with E-state index in [1.54, 1.807) is 0 Å². The number of carboxylic acids is 1. The number of ether oxygens (including phenoxy) is 1. The average molecular weight is 286 g/mol. The van der Waals surface area contributed by atoms with Gasteiger partial charge < -0.3 is 15.6 Å². The summed E-state index contributed by atoms with van der Waals surface area (Å²) in [5.41, 5.74) is 3.52. The summed E-state index contributed by atoms with van der Waals surface area (Å²) in [6.07, 6.45) is -9.21. The normalized spacial score (nSPS) is 11.7. The molecule has 0 aliphatic rings. The van der Waals surface area contributed by atoms with E-state index >= 15 is 0 Å². The number of aliphatic carboxylic acids is 1. The summed E-state index contributed by atoms with van der Waals surface area (Å²) in [4.78, 5) is 13.5. The summed E-state index contributed by atoms with van der Waals surface area (Å²) >= 11 is 0. The molecule has 0 atom stereocenters. The minimum absolute atomic E-state index is 0.510. The second-order valence-electron chi connectivity index (χ2n) is 3.34. The van der Waals surface area contributed by atoms with Crippen LogP contribution < -0.4 is 10.5 Å². The highest BCUT2D eigenvalue weighted by Crippen LogP contribution is 2.33. The molecule has 1 rings (SSSR count). The first-order valence-electron chi connectivity index (χ1n) is 4.65. The maximum atomic E-state index is 12.4. The number of pyridine rings is 1. The first-order valence-corrected chi connectivity index (χ1v) is 4.65. The van der Waals surface area contributed by atoms with Crippen molar-refractivity contribution in [3.05, 3.63) is 17.3 Å². The van der Waals surface area contributed by atoms with Gasteiger partial charge >= 0.3 is 12.3 Å². The zero-order chi connectivity index (χ0) is 14.8. The van der Waals surface area contributed by atoms with Crippen LogP contribution >= 0.6 is 0 Å². The Hall–Kier alpha value is -2.13. The van der Waals surface area contributed by atoms with Crippen molar-refractivity contribution in [3.63, 3.8) is 0 Å². The minimum Gasteiger partial charge on any atom is -0.481 e. The van der Waals surface area contributed by atoms with E-state index in [0.717, 1.165) is 0 Å². The zero-order valence-electron chi connectivity index (χ0n) is 9.04. The monoisotopic (exact) mass is 286 g/mol. The molecule has 0 amide bonds. The summed E-state index contributed by atoms with van der Waals surface area (Å²) < 4.78 is 64.6. The third-order valence-corrected chi connectivity index (χ3v) is 1.88. The first kappa shape index (κ1) is 14.9. The molecule has 0 fully saturated rings. The van der Waals surface area contributed by atoms with Crippen LogP contribution in [0.3, 0.4) is 0 Å². The van der Waals surface area contributed by atoms with E-state index in [9.17, 15) is 26.7 Å². The van der Waals surface area contributed by atoms with Gasteiger partial charge in [0, 0.05) is 5.56 Å². The lowest BCUT2D eigenvalue weighted by molar-refractivity contribution is -0.274. The van der Waals surface area contributed by atoms with Crippen LogP contribution in [-0.2, 0) is 11.2 Å². The summed E-state index contributed by atoms with van der Waals surface area (Å²) in [5, 5.41) is 8.52. The van der Waals surface area contributed by atoms with Crippen LogP contribution in [0.4, 0.5) is 27.8 Å². The van der Waals surface area contributed by atoms with Crippen molar-refractivity contribution in [1.29, 1.82) is 0 Å². The van der Waals surface area contributed by atoms with Crippen molar-refractivity contribution in [2.45, 2.75) is 19.2 Å². The highest BCUT2D eigenvalue weighted by atomic mass is 19.4. The molecule has 0 unspecified atom stereocenters. The van der Waals surface area contributed by atoms with E-state index in [1.165, 1.54) is 0 Å². The summed E-state index contributed by atoms with van der Waals surface area (Å²) in [7, 11) is 0. The lowest BCUT2D eigenvalue weighted by atomic mass is 10.1. The predicted octanol–water partition coefficient (Wildman–Crippen LogP) is 2.13. The molecule has 1 aromatic rings. The van der Waals surface area contributed by atoms with Crippen molar-refractivity contribution < 1.29 is 36.6 Å². The number of carbonyl (C=O) groups is 1. The van der Waals surface area contributed by atoms with Crippen LogP contribution in [0.25, 0.3) is 0 Å². The fourth-order valence-electron chi connectivity index (χ4n) is 1.27. The molecule has 0 aromatic carbocycles. The van der Waals surface area contributed by atoms with E-state index in [2.05, 4.69) is 9.72 Å². The maximum absolute atomic E-state index is 12.4. The average Bonchev–Trinajstić information content (AvgIpc) is 2.20. The molecule has 10 heteroatoms. The summed E-state index contributed by atoms with van der Waals surface area (Å²) in [6, 6.07) is 0.510.